The lowest BCUT2D eigenvalue weighted by molar-refractivity contribution is 0.0601. The number of nitrogens with one attached hydrogen (secondary N) is 1. The maximum Gasteiger partial charge on any atom is 0.337 e. The van der Waals surface area contributed by atoms with Gasteiger partial charge in [0.2, 0.25) is 0 Å². The van der Waals surface area contributed by atoms with E-state index in [0.717, 1.165) is 6.54 Å². The van der Waals surface area contributed by atoms with Crippen molar-refractivity contribution < 1.29 is 9.53 Å². The summed E-state index contributed by atoms with van der Waals surface area (Å²) in [5.74, 6) is 0.113. The van der Waals surface area contributed by atoms with Crippen molar-refractivity contribution in [3.63, 3.8) is 0 Å². The highest BCUT2D eigenvalue weighted by Crippen LogP contribution is 2.13. The van der Waals surface area contributed by atoms with Gasteiger partial charge in [0.1, 0.15) is 5.82 Å². The van der Waals surface area contributed by atoms with Gasteiger partial charge in [-0.3, -0.25) is 9.69 Å². The van der Waals surface area contributed by atoms with Crippen molar-refractivity contribution >= 4 is 28.2 Å². The minimum Gasteiger partial charge on any atom is -0.465 e. The minimum absolute atomic E-state index is 0.213. The Morgan fingerprint density at radius 1 is 1.33 bits per heavy atom. The van der Waals surface area contributed by atoms with Crippen LogP contribution in [0, 0.1) is 0 Å². The van der Waals surface area contributed by atoms with Crippen molar-refractivity contribution in [2.45, 2.75) is 13.1 Å². The number of thiophene rings is 1. The number of benzene rings is 1. The third-order valence-electron chi connectivity index (χ3n) is 3.63. The first-order chi connectivity index (χ1) is 11.6. The van der Waals surface area contributed by atoms with Gasteiger partial charge >= 0.3 is 5.97 Å². The Kier molecular flexibility index (Phi) is 4.73. The number of hydrogen-bond acceptors (Lipinski definition) is 6. The van der Waals surface area contributed by atoms with E-state index >= 15 is 0 Å². The second-order valence-corrected chi connectivity index (χ2v) is 6.32. The molecule has 0 unspecified atom stereocenters. The monoisotopic (exact) mass is 343 g/mol. The first-order valence-electron chi connectivity index (χ1n) is 7.37. The largest absolute Gasteiger partial charge is 0.465 e. The van der Waals surface area contributed by atoms with E-state index in [1.54, 1.807) is 29.5 Å². The van der Waals surface area contributed by atoms with Crippen LogP contribution in [0.25, 0.3) is 10.9 Å². The molecule has 0 radical (unpaired) electrons. The number of esters is 1. The number of methoxy groups -OCH3 is 1. The molecule has 0 aliphatic carbocycles. The second-order valence-electron chi connectivity index (χ2n) is 5.54. The van der Waals surface area contributed by atoms with Crippen LogP contribution in [-0.2, 0) is 17.8 Å². The molecule has 7 heteroatoms. The highest BCUT2D eigenvalue weighted by molar-refractivity contribution is 7.07. The maximum atomic E-state index is 12.2. The Hall–Kier alpha value is -2.51. The number of hydrogen-bond donors (Lipinski definition) is 1. The van der Waals surface area contributed by atoms with Crippen LogP contribution in [-0.4, -0.2) is 35.0 Å². The van der Waals surface area contributed by atoms with Crippen molar-refractivity contribution in [2.24, 2.45) is 0 Å². The first kappa shape index (κ1) is 16.4. The van der Waals surface area contributed by atoms with Crippen LogP contribution in [0.2, 0.25) is 0 Å². The summed E-state index contributed by atoms with van der Waals surface area (Å²) in [7, 11) is 3.29. The summed E-state index contributed by atoms with van der Waals surface area (Å²) in [6.07, 6.45) is 0. The Morgan fingerprint density at radius 3 is 2.88 bits per heavy atom. The molecular weight excluding hydrogens is 326 g/mol. The van der Waals surface area contributed by atoms with Crippen LogP contribution in [0.1, 0.15) is 21.7 Å². The van der Waals surface area contributed by atoms with Gasteiger partial charge < -0.3 is 9.72 Å². The molecule has 2 heterocycles. The summed E-state index contributed by atoms with van der Waals surface area (Å²) >= 11 is 1.65. The molecule has 24 heavy (non-hydrogen) atoms. The Balaban J connectivity index is 1.88. The lowest BCUT2D eigenvalue weighted by atomic mass is 10.1. The van der Waals surface area contributed by atoms with Crippen LogP contribution < -0.4 is 5.56 Å². The first-order valence-corrected chi connectivity index (χ1v) is 8.32. The van der Waals surface area contributed by atoms with Crippen LogP contribution in [0.5, 0.6) is 0 Å². The molecule has 0 spiro atoms. The molecule has 1 N–H and O–H groups in total. The summed E-state index contributed by atoms with van der Waals surface area (Å²) in [5.41, 5.74) is 1.87. The Morgan fingerprint density at radius 2 is 2.17 bits per heavy atom. The normalized spacial score (nSPS) is 11.1. The quantitative estimate of drug-likeness (QED) is 0.720. The van der Waals surface area contributed by atoms with Crippen molar-refractivity contribution in [3.8, 4) is 0 Å². The van der Waals surface area contributed by atoms with Gasteiger partial charge in [0.05, 0.1) is 30.1 Å². The molecular formula is C17H17N3O3S. The van der Waals surface area contributed by atoms with E-state index in [2.05, 4.69) is 26.3 Å². The lowest BCUT2D eigenvalue weighted by Gasteiger charge is -2.15. The number of carbonyl (C=O) groups excluding carboxylic acids is 1. The molecule has 2 aromatic heterocycles. The van der Waals surface area contributed by atoms with Gasteiger partial charge in [-0.15, -0.1) is 0 Å². The molecule has 1 aromatic carbocycles. The SMILES string of the molecule is COC(=O)c1ccc2c(=O)[nH]c(CN(C)Cc3ccsc3)nc2c1. The molecule has 6 nitrogen and oxygen atoms in total. The standard InChI is InChI=1S/C17H17N3O3S/c1-20(8-11-5-6-24-10-11)9-15-18-14-7-12(17(22)23-2)3-4-13(14)16(21)19-15/h3-7,10H,8-9H2,1-2H3,(H,18,19,21). The fourth-order valence-corrected chi connectivity index (χ4v) is 3.17. The van der Waals surface area contributed by atoms with Crippen molar-refractivity contribution in [1.29, 1.82) is 0 Å². The Bertz CT molecular complexity index is 918. The predicted molar refractivity (Wildman–Crippen MR) is 93.2 cm³/mol. The fourth-order valence-electron chi connectivity index (χ4n) is 2.51. The van der Waals surface area contributed by atoms with E-state index in [-0.39, 0.29) is 5.56 Å². The number of nitrogens with zero attached hydrogens (tertiary/aromatic N) is 2. The van der Waals surface area contributed by atoms with Gasteiger partial charge in [-0.05, 0) is 47.6 Å². The van der Waals surface area contributed by atoms with Gasteiger partial charge in [-0.2, -0.15) is 11.3 Å². The zero-order valence-electron chi connectivity index (χ0n) is 13.4. The van der Waals surface area contributed by atoms with Gasteiger partial charge in [-0.25, -0.2) is 9.78 Å². The third-order valence-corrected chi connectivity index (χ3v) is 4.36. The zero-order chi connectivity index (χ0) is 17.1. The van der Waals surface area contributed by atoms with Gasteiger partial charge in [-0.1, -0.05) is 0 Å². The molecule has 0 bridgehead atoms. The van der Waals surface area contributed by atoms with E-state index < -0.39 is 5.97 Å². The summed E-state index contributed by atoms with van der Waals surface area (Å²) in [6, 6.07) is 6.80. The average Bonchev–Trinajstić information content (AvgIpc) is 3.06. The Labute approximate surface area is 142 Å². The number of rotatable bonds is 5. The number of aromatic amines is 1. The smallest absolute Gasteiger partial charge is 0.337 e. The van der Waals surface area contributed by atoms with E-state index in [0.29, 0.717) is 28.8 Å². The molecule has 0 saturated heterocycles. The molecule has 0 amide bonds. The second kappa shape index (κ2) is 6.94. The van der Waals surface area contributed by atoms with Gasteiger partial charge in [0, 0.05) is 6.54 Å². The lowest BCUT2D eigenvalue weighted by Crippen LogP contribution is -2.21. The summed E-state index contributed by atoms with van der Waals surface area (Å²) in [6.45, 7) is 1.27. The van der Waals surface area contributed by atoms with Crippen LogP contribution in [0.3, 0.4) is 0 Å². The van der Waals surface area contributed by atoms with Crippen molar-refractivity contribution in [1.82, 2.24) is 14.9 Å². The van der Waals surface area contributed by atoms with E-state index in [1.807, 2.05) is 12.4 Å². The number of fused-ring (bicyclic) bond motifs is 1. The molecule has 3 aromatic rings. The molecule has 0 saturated carbocycles. The summed E-state index contributed by atoms with van der Waals surface area (Å²) in [5, 5.41) is 4.58. The number of H-pyrrole nitrogens is 1. The molecule has 0 aliphatic rings. The average molecular weight is 343 g/mol. The minimum atomic E-state index is -0.449. The topological polar surface area (TPSA) is 75.3 Å². The predicted octanol–water partition coefficient (Wildman–Crippen LogP) is 2.40. The van der Waals surface area contributed by atoms with E-state index in [1.165, 1.54) is 12.7 Å². The molecule has 124 valence electrons. The van der Waals surface area contributed by atoms with Crippen LogP contribution in [0.15, 0.2) is 39.8 Å². The zero-order valence-corrected chi connectivity index (χ0v) is 14.2. The molecule has 3 rings (SSSR count). The fraction of sp³-hybridized carbons (Fsp3) is 0.235. The molecule has 0 fully saturated rings. The van der Waals surface area contributed by atoms with Crippen LogP contribution in [0.4, 0.5) is 0 Å². The van der Waals surface area contributed by atoms with E-state index in [9.17, 15) is 9.59 Å². The van der Waals surface area contributed by atoms with Crippen LogP contribution >= 0.6 is 11.3 Å². The van der Waals surface area contributed by atoms with Gasteiger partial charge in [0.15, 0.2) is 0 Å². The van der Waals surface area contributed by atoms with E-state index in [4.69, 9.17) is 4.74 Å². The van der Waals surface area contributed by atoms with Crippen molar-refractivity contribution in [2.75, 3.05) is 14.2 Å². The highest BCUT2D eigenvalue weighted by Gasteiger charge is 2.11. The third kappa shape index (κ3) is 3.52. The molecule has 0 atom stereocenters. The summed E-state index contributed by atoms with van der Waals surface area (Å²) < 4.78 is 4.71. The number of carbonyl (C=O) groups is 1. The van der Waals surface area contributed by atoms with Gasteiger partial charge in [0.25, 0.3) is 5.56 Å². The maximum absolute atomic E-state index is 12.2. The highest BCUT2D eigenvalue weighted by atomic mass is 32.1. The summed E-state index contributed by atoms with van der Waals surface area (Å²) in [4.78, 5) is 33.2. The number of aromatic nitrogens is 2. The van der Waals surface area contributed by atoms with Crippen molar-refractivity contribution in [3.05, 3.63) is 62.3 Å². The molecule has 0 aliphatic heterocycles. The number of ether oxygens (including phenoxy) is 1.